The zero-order valence-electron chi connectivity index (χ0n) is 24.9. The van der Waals surface area contributed by atoms with Crippen LogP contribution in [0.5, 0.6) is 5.75 Å². The van der Waals surface area contributed by atoms with Gasteiger partial charge in [0, 0.05) is 75.1 Å². The highest BCUT2D eigenvalue weighted by atomic mass is 32.1. The Bertz CT molecular complexity index is 1500. The van der Waals surface area contributed by atoms with Crippen molar-refractivity contribution in [1.82, 2.24) is 20.2 Å². The minimum Gasteiger partial charge on any atom is -0.494 e. The summed E-state index contributed by atoms with van der Waals surface area (Å²) >= 11 is 1.56. The number of piperazine rings is 1. The molecule has 2 fully saturated rings. The number of likely N-dealkylation sites (N-methyl/N-ethyl adjacent to an activating group) is 1. The summed E-state index contributed by atoms with van der Waals surface area (Å²) in [7, 11) is 3.82. The van der Waals surface area contributed by atoms with Crippen LogP contribution >= 0.6 is 11.3 Å². The van der Waals surface area contributed by atoms with Crippen molar-refractivity contribution in [1.29, 1.82) is 0 Å². The van der Waals surface area contributed by atoms with E-state index in [0.717, 1.165) is 85.6 Å². The Kier molecular flexibility index (Phi) is 9.93. The SMILES string of the molecule is C=C(C=O)CNc1cc(N=C(N)/C=C(\NN)c2ccc3ncsc3c2)c(OC)cc1N1CCC(N2CCN(C)CC2)CC1. The van der Waals surface area contributed by atoms with Crippen LogP contribution < -0.4 is 32.0 Å². The number of hydrazine groups is 1. The molecule has 43 heavy (non-hydrogen) atoms. The Morgan fingerprint density at radius 3 is 2.65 bits per heavy atom. The van der Waals surface area contributed by atoms with Crippen molar-refractivity contribution in [3.63, 3.8) is 0 Å². The standard InChI is InChI=1S/C31H41N9O2S/c1-21(19-41)18-34-26-15-27(36-31(32)16-25(37-33)22-4-5-24-30(14-22)43-20-35-24)29(42-3)17-28(26)40-8-6-23(7-9-40)39-12-10-38(2)11-13-39/h4-5,14-17,19-20,23,34,37H,1,6-13,18,33H2,2-3H3,(H2,32,36)/b25-16-. The molecular weight excluding hydrogens is 562 g/mol. The third-order valence-corrected chi connectivity index (χ3v) is 8.96. The molecule has 2 saturated heterocycles. The molecule has 3 aromatic rings. The van der Waals surface area contributed by atoms with Gasteiger partial charge in [0.15, 0.2) is 0 Å². The van der Waals surface area contributed by atoms with Gasteiger partial charge in [-0.2, -0.15) is 0 Å². The second-order valence-electron chi connectivity index (χ2n) is 11.0. The summed E-state index contributed by atoms with van der Waals surface area (Å²) in [5.74, 6) is 6.72. The van der Waals surface area contributed by atoms with E-state index >= 15 is 0 Å². The number of ether oxygens (including phenoxy) is 1. The Morgan fingerprint density at radius 2 is 1.95 bits per heavy atom. The van der Waals surface area contributed by atoms with Gasteiger partial charge in [0.1, 0.15) is 23.6 Å². The molecule has 11 nitrogen and oxygen atoms in total. The first kappa shape index (κ1) is 30.5. The molecule has 0 bridgehead atoms. The number of carbonyl (C=O) groups is 1. The number of hydrogen-bond acceptors (Lipinski definition) is 11. The minimum atomic E-state index is 0.250. The van der Waals surface area contributed by atoms with Gasteiger partial charge in [-0.05, 0) is 38.1 Å². The number of nitrogens with two attached hydrogens (primary N) is 2. The van der Waals surface area contributed by atoms with E-state index in [0.29, 0.717) is 35.3 Å². The Labute approximate surface area is 256 Å². The highest BCUT2D eigenvalue weighted by Crippen LogP contribution is 2.40. The molecule has 0 amide bonds. The van der Waals surface area contributed by atoms with Gasteiger partial charge in [0.05, 0.1) is 39.9 Å². The number of fused-ring (bicyclic) bond motifs is 1. The number of amidine groups is 1. The van der Waals surface area contributed by atoms with Gasteiger partial charge in [0.25, 0.3) is 0 Å². The van der Waals surface area contributed by atoms with Crippen molar-refractivity contribution in [2.75, 3.05) is 70.2 Å². The molecule has 0 radical (unpaired) electrons. The second kappa shape index (κ2) is 14.0. The van der Waals surface area contributed by atoms with Crippen molar-refractivity contribution in [2.45, 2.75) is 18.9 Å². The average Bonchev–Trinajstić information content (AvgIpc) is 3.51. The topological polar surface area (TPSA) is 137 Å². The highest BCUT2D eigenvalue weighted by Gasteiger charge is 2.28. The minimum absolute atomic E-state index is 0.250. The van der Waals surface area contributed by atoms with Gasteiger partial charge in [-0.15, -0.1) is 11.3 Å². The van der Waals surface area contributed by atoms with Gasteiger partial charge in [0.2, 0.25) is 0 Å². The van der Waals surface area contributed by atoms with Crippen LogP contribution in [0.1, 0.15) is 18.4 Å². The van der Waals surface area contributed by atoms with Gasteiger partial charge in [-0.25, -0.2) is 9.98 Å². The molecular formula is C31H41N9O2S. The molecule has 12 heteroatoms. The Balaban J connectivity index is 1.40. The molecule has 228 valence electrons. The number of benzene rings is 2. The van der Waals surface area contributed by atoms with Crippen molar-refractivity contribution < 1.29 is 9.53 Å². The number of nitrogens with one attached hydrogen (secondary N) is 2. The number of hydrogen-bond donors (Lipinski definition) is 4. The van der Waals surface area contributed by atoms with Crippen LogP contribution in [0, 0.1) is 0 Å². The van der Waals surface area contributed by atoms with Crippen LogP contribution in [0.15, 0.2) is 59.1 Å². The average molecular weight is 604 g/mol. The van der Waals surface area contributed by atoms with Crippen LogP contribution in [0.25, 0.3) is 15.9 Å². The van der Waals surface area contributed by atoms with E-state index in [4.69, 9.17) is 21.3 Å². The lowest BCUT2D eigenvalue weighted by molar-refractivity contribution is -0.104. The zero-order chi connectivity index (χ0) is 30.3. The molecule has 1 aromatic heterocycles. The smallest absolute Gasteiger partial charge is 0.147 e. The number of thiazole rings is 1. The molecule has 3 heterocycles. The molecule has 2 aliphatic heterocycles. The monoisotopic (exact) mass is 603 g/mol. The van der Waals surface area contributed by atoms with Gasteiger partial charge in [-0.3, -0.25) is 15.5 Å². The number of rotatable bonds is 11. The largest absolute Gasteiger partial charge is 0.494 e. The predicted octanol–water partition coefficient (Wildman–Crippen LogP) is 3.18. The van der Waals surface area contributed by atoms with Crippen LogP contribution in [0.2, 0.25) is 0 Å². The molecule has 0 aliphatic carbocycles. The van der Waals surface area contributed by atoms with E-state index in [2.05, 4.69) is 44.1 Å². The lowest BCUT2D eigenvalue weighted by atomic mass is 10.0. The van der Waals surface area contributed by atoms with Crippen LogP contribution in [-0.2, 0) is 4.79 Å². The van der Waals surface area contributed by atoms with E-state index in [9.17, 15) is 4.79 Å². The summed E-state index contributed by atoms with van der Waals surface area (Å²) in [6.07, 6.45) is 4.64. The number of piperidine rings is 1. The molecule has 0 atom stereocenters. The molecule has 0 saturated carbocycles. The number of aromatic nitrogens is 1. The van der Waals surface area contributed by atoms with E-state index in [1.54, 1.807) is 24.5 Å². The van der Waals surface area contributed by atoms with Crippen molar-refractivity contribution in [3.05, 3.63) is 59.6 Å². The number of aldehydes is 1. The maximum atomic E-state index is 11.3. The summed E-state index contributed by atoms with van der Waals surface area (Å²) in [6.45, 7) is 10.5. The van der Waals surface area contributed by atoms with Crippen LogP contribution in [0.3, 0.4) is 0 Å². The fraction of sp³-hybridized carbons (Fsp3) is 0.387. The third-order valence-electron chi connectivity index (χ3n) is 8.17. The van der Waals surface area contributed by atoms with Crippen molar-refractivity contribution in [3.8, 4) is 5.75 Å². The summed E-state index contributed by atoms with van der Waals surface area (Å²) < 4.78 is 6.84. The zero-order valence-corrected chi connectivity index (χ0v) is 25.7. The first-order valence-corrected chi connectivity index (χ1v) is 15.4. The van der Waals surface area contributed by atoms with E-state index in [1.807, 2.05) is 35.8 Å². The molecule has 0 unspecified atom stereocenters. The van der Waals surface area contributed by atoms with E-state index in [1.165, 1.54) is 0 Å². The summed E-state index contributed by atoms with van der Waals surface area (Å²) in [5.41, 5.74) is 16.2. The van der Waals surface area contributed by atoms with Crippen LogP contribution in [-0.4, -0.2) is 92.9 Å². The first-order chi connectivity index (χ1) is 20.9. The third kappa shape index (κ3) is 7.34. The lowest BCUT2D eigenvalue weighted by Crippen LogP contribution is -2.52. The van der Waals surface area contributed by atoms with Crippen molar-refractivity contribution in [2.24, 2.45) is 16.6 Å². The van der Waals surface area contributed by atoms with E-state index in [-0.39, 0.29) is 5.84 Å². The quantitative estimate of drug-likeness (QED) is 0.0646. The maximum Gasteiger partial charge on any atom is 0.147 e. The fourth-order valence-electron chi connectivity index (χ4n) is 5.67. The highest BCUT2D eigenvalue weighted by molar-refractivity contribution is 7.16. The maximum absolute atomic E-state index is 11.3. The number of aliphatic imine (C=N–C) groups is 1. The molecule has 6 N–H and O–H groups in total. The summed E-state index contributed by atoms with van der Waals surface area (Å²) in [6, 6.07) is 10.4. The first-order valence-electron chi connectivity index (χ1n) is 14.5. The second-order valence-corrected chi connectivity index (χ2v) is 11.9. The number of carbonyl (C=O) groups excluding carboxylic acids is 1. The fourth-order valence-corrected chi connectivity index (χ4v) is 6.39. The normalized spacial score (nSPS) is 17.7. The molecule has 2 aromatic carbocycles. The molecule has 5 rings (SSSR count). The molecule has 0 spiro atoms. The number of anilines is 2. The lowest BCUT2D eigenvalue weighted by Gasteiger charge is -2.43. The Hall–Kier alpha value is -3.97. The van der Waals surface area contributed by atoms with E-state index < -0.39 is 0 Å². The van der Waals surface area contributed by atoms with Gasteiger partial charge in [-0.1, -0.05) is 12.6 Å². The van der Waals surface area contributed by atoms with Crippen molar-refractivity contribution >= 4 is 56.4 Å². The van der Waals surface area contributed by atoms with Gasteiger partial charge >= 0.3 is 0 Å². The van der Waals surface area contributed by atoms with Crippen LogP contribution in [0.4, 0.5) is 17.1 Å². The summed E-state index contributed by atoms with van der Waals surface area (Å²) in [5, 5.41) is 3.39. The number of nitrogens with zero attached hydrogens (tertiary/aromatic N) is 5. The van der Waals surface area contributed by atoms with Gasteiger partial charge < -0.3 is 31.0 Å². The molecule has 2 aliphatic rings. The summed E-state index contributed by atoms with van der Waals surface area (Å²) in [4.78, 5) is 27.7. The predicted molar refractivity (Wildman–Crippen MR) is 177 cm³/mol. The number of methoxy groups -OCH3 is 1. The Morgan fingerprint density at radius 1 is 1.19 bits per heavy atom.